The minimum absolute atomic E-state index is 0.0233. The Hall–Kier alpha value is -2.23. The van der Waals surface area contributed by atoms with E-state index < -0.39 is 23.8 Å². The number of amides is 1. The molecule has 26 heavy (non-hydrogen) atoms. The van der Waals surface area contributed by atoms with Crippen molar-refractivity contribution in [1.82, 2.24) is 19.7 Å². The first-order valence-electron chi connectivity index (χ1n) is 7.69. The molecule has 2 N–H and O–H groups in total. The van der Waals surface area contributed by atoms with Crippen LogP contribution in [-0.2, 0) is 11.3 Å². The Bertz CT molecular complexity index is 840. The normalized spacial score (nSPS) is 18.0. The predicted octanol–water partition coefficient (Wildman–Crippen LogP) is 0.501. The number of hydrogen-bond acceptors (Lipinski definition) is 5. The number of nitrogens with two attached hydrogens (primary N) is 1. The lowest BCUT2D eigenvalue weighted by Crippen LogP contribution is -2.39. The molecular weight excluding hydrogens is 349 g/mol. The summed E-state index contributed by atoms with van der Waals surface area (Å²) in [5, 5.41) is 2.69. The van der Waals surface area contributed by atoms with E-state index in [1.807, 2.05) is 0 Å². The lowest BCUT2D eigenvalue weighted by atomic mass is 9.55. The Morgan fingerprint density at radius 1 is 1.42 bits per heavy atom. The number of nitrogen functional groups attached to an aromatic ring is 1. The Morgan fingerprint density at radius 2 is 2.15 bits per heavy atom. The monoisotopic (exact) mass is 363 g/mol. The van der Waals surface area contributed by atoms with Crippen LogP contribution in [-0.4, -0.2) is 73.7 Å². The van der Waals surface area contributed by atoms with Crippen molar-refractivity contribution in [1.29, 1.82) is 0 Å². The highest BCUT2D eigenvalue weighted by atomic mass is 19.4. The van der Waals surface area contributed by atoms with E-state index in [1.165, 1.54) is 17.2 Å². The van der Waals surface area contributed by atoms with Crippen LogP contribution in [0.15, 0.2) is 12.3 Å². The van der Waals surface area contributed by atoms with Gasteiger partial charge in [0.1, 0.15) is 12.2 Å². The SMILES string of the molecule is [B]C1([B])COCCN(C(=O)c2cc3c(cn2)c(N)nn3CC(F)(F)F)C1. The van der Waals surface area contributed by atoms with Gasteiger partial charge in [0.15, 0.2) is 5.82 Å². The Morgan fingerprint density at radius 3 is 2.85 bits per heavy atom. The van der Waals surface area contributed by atoms with E-state index in [1.54, 1.807) is 0 Å². The van der Waals surface area contributed by atoms with Crippen molar-refractivity contribution < 1.29 is 22.7 Å². The van der Waals surface area contributed by atoms with E-state index in [4.69, 9.17) is 26.2 Å². The van der Waals surface area contributed by atoms with Crippen LogP contribution in [0, 0.1) is 0 Å². The van der Waals surface area contributed by atoms with E-state index in [2.05, 4.69) is 10.1 Å². The highest BCUT2D eigenvalue weighted by Gasteiger charge is 2.31. The fourth-order valence-electron chi connectivity index (χ4n) is 2.75. The summed E-state index contributed by atoms with van der Waals surface area (Å²) in [6.45, 7) is -0.750. The molecule has 1 saturated heterocycles. The van der Waals surface area contributed by atoms with Crippen LogP contribution in [0.1, 0.15) is 10.5 Å². The molecule has 3 rings (SSSR count). The Balaban J connectivity index is 1.95. The van der Waals surface area contributed by atoms with Crippen LogP contribution >= 0.6 is 0 Å². The Labute approximate surface area is 149 Å². The zero-order chi connectivity index (χ0) is 19.1. The summed E-state index contributed by atoms with van der Waals surface area (Å²) < 4.78 is 44.1. The quantitative estimate of drug-likeness (QED) is 0.786. The molecule has 1 fully saturated rings. The van der Waals surface area contributed by atoms with E-state index in [-0.39, 0.29) is 48.7 Å². The summed E-state index contributed by atoms with van der Waals surface area (Å²) in [4.78, 5) is 18.1. The van der Waals surface area contributed by atoms with Gasteiger partial charge in [0, 0.05) is 25.9 Å². The third-order valence-corrected chi connectivity index (χ3v) is 3.86. The van der Waals surface area contributed by atoms with Gasteiger partial charge < -0.3 is 15.4 Å². The Kier molecular flexibility index (Phi) is 4.63. The molecule has 7 nitrogen and oxygen atoms in total. The fraction of sp³-hybridized carbons (Fsp3) is 0.500. The maximum Gasteiger partial charge on any atom is 0.408 e. The predicted molar refractivity (Wildman–Crippen MR) is 88.9 cm³/mol. The molecule has 0 aromatic carbocycles. The summed E-state index contributed by atoms with van der Waals surface area (Å²) in [7, 11) is 11.7. The number of anilines is 1. The van der Waals surface area contributed by atoms with Gasteiger partial charge in [0.25, 0.3) is 5.91 Å². The molecule has 3 heterocycles. The molecule has 12 heteroatoms. The highest BCUT2D eigenvalue weighted by Crippen LogP contribution is 2.26. The standard InChI is InChI=1S/C14H14B2F3N5O2/c15-13(16)5-23(1-2-26-7-13)12(25)9-3-10-8(4-21-9)11(20)22-24(10)6-14(17,18)19/h3-4H,1-2,5-7H2,(H2,20,22). The average Bonchev–Trinajstić information content (AvgIpc) is 2.71. The summed E-state index contributed by atoms with van der Waals surface area (Å²) in [6.07, 6.45) is -3.26. The second kappa shape index (κ2) is 6.49. The molecular formula is C14H14B2F3N5O2. The number of hydrogen-bond donors (Lipinski definition) is 1. The summed E-state index contributed by atoms with van der Waals surface area (Å²) in [6, 6.07) is 1.23. The first kappa shape index (κ1) is 18.6. The lowest BCUT2D eigenvalue weighted by molar-refractivity contribution is -0.141. The number of fused-ring (bicyclic) bond motifs is 1. The van der Waals surface area contributed by atoms with Gasteiger partial charge in [-0.1, -0.05) is 5.21 Å². The number of halogens is 3. The number of rotatable bonds is 2. The number of alkyl halides is 3. The van der Waals surface area contributed by atoms with Gasteiger partial charge in [0.05, 0.1) is 33.2 Å². The van der Waals surface area contributed by atoms with Crippen molar-refractivity contribution in [3.05, 3.63) is 18.0 Å². The maximum absolute atomic E-state index is 12.7. The summed E-state index contributed by atoms with van der Waals surface area (Å²) >= 11 is 0. The van der Waals surface area contributed by atoms with Gasteiger partial charge in [0.2, 0.25) is 0 Å². The second-order valence-corrected chi connectivity index (χ2v) is 6.26. The van der Waals surface area contributed by atoms with Gasteiger partial charge in [-0.25, -0.2) is 0 Å². The lowest BCUT2D eigenvalue weighted by Gasteiger charge is -2.29. The molecule has 0 aliphatic carbocycles. The zero-order valence-electron chi connectivity index (χ0n) is 13.7. The molecule has 1 amide bonds. The number of carbonyl (C=O) groups excluding carboxylic acids is 1. The number of nitrogens with zero attached hydrogens (tertiary/aromatic N) is 4. The van der Waals surface area contributed by atoms with Crippen molar-refractivity contribution in [2.24, 2.45) is 0 Å². The van der Waals surface area contributed by atoms with Crippen molar-refractivity contribution >= 4 is 38.3 Å². The van der Waals surface area contributed by atoms with Crippen LogP contribution in [0.4, 0.5) is 19.0 Å². The van der Waals surface area contributed by atoms with E-state index >= 15 is 0 Å². The fourth-order valence-corrected chi connectivity index (χ4v) is 2.75. The maximum atomic E-state index is 12.7. The van der Waals surface area contributed by atoms with Crippen LogP contribution in [0.5, 0.6) is 0 Å². The molecule has 0 unspecified atom stereocenters. The van der Waals surface area contributed by atoms with E-state index in [0.29, 0.717) is 4.68 Å². The zero-order valence-corrected chi connectivity index (χ0v) is 13.7. The van der Waals surface area contributed by atoms with Crippen LogP contribution in [0.25, 0.3) is 10.9 Å². The van der Waals surface area contributed by atoms with Crippen molar-refractivity contribution in [3.8, 4) is 0 Å². The summed E-state index contributed by atoms with van der Waals surface area (Å²) in [5.74, 6) is -0.613. The van der Waals surface area contributed by atoms with Gasteiger partial charge in [-0.15, -0.1) is 0 Å². The topological polar surface area (TPSA) is 86.3 Å². The molecule has 0 bridgehead atoms. The van der Waals surface area contributed by atoms with Crippen molar-refractivity contribution in [3.63, 3.8) is 0 Å². The molecule has 0 spiro atoms. The molecule has 0 saturated carbocycles. The highest BCUT2D eigenvalue weighted by molar-refractivity contribution is 6.40. The van der Waals surface area contributed by atoms with Crippen LogP contribution < -0.4 is 5.73 Å². The average molecular weight is 363 g/mol. The van der Waals surface area contributed by atoms with Gasteiger partial charge in [-0.3, -0.25) is 14.5 Å². The van der Waals surface area contributed by atoms with E-state index in [0.717, 1.165) is 0 Å². The largest absolute Gasteiger partial charge is 0.408 e. The number of carbonyl (C=O) groups is 1. The third kappa shape index (κ3) is 3.95. The van der Waals surface area contributed by atoms with Gasteiger partial charge >= 0.3 is 6.18 Å². The molecule has 4 radical (unpaired) electrons. The molecule has 1 aliphatic rings. The minimum atomic E-state index is -4.49. The van der Waals surface area contributed by atoms with Gasteiger partial charge in [-0.05, 0) is 6.07 Å². The second-order valence-electron chi connectivity index (χ2n) is 6.26. The molecule has 1 aliphatic heterocycles. The number of aromatic nitrogens is 3. The van der Waals surface area contributed by atoms with E-state index in [9.17, 15) is 18.0 Å². The molecule has 2 aromatic rings. The van der Waals surface area contributed by atoms with Crippen molar-refractivity contribution in [2.45, 2.75) is 17.9 Å². The summed E-state index contributed by atoms with van der Waals surface area (Å²) in [5.41, 5.74) is 5.65. The molecule has 134 valence electrons. The van der Waals surface area contributed by atoms with Crippen molar-refractivity contribution in [2.75, 3.05) is 32.0 Å². The molecule has 2 aromatic heterocycles. The smallest absolute Gasteiger partial charge is 0.382 e. The van der Waals surface area contributed by atoms with Gasteiger partial charge in [-0.2, -0.15) is 18.3 Å². The third-order valence-electron chi connectivity index (χ3n) is 3.86. The molecule has 0 atom stereocenters. The number of ether oxygens (including phenoxy) is 1. The van der Waals surface area contributed by atoms with Crippen LogP contribution in [0.3, 0.4) is 0 Å². The van der Waals surface area contributed by atoms with Crippen LogP contribution in [0.2, 0.25) is 5.21 Å². The first-order valence-corrected chi connectivity index (χ1v) is 7.69. The first-order chi connectivity index (χ1) is 12.1. The minimum Gasteiger partial charge on any atom is -0.382 e. The number of pyridine rings is 1.